The molecule has 0 aliphatic carbocycles. The smallest absolute Gasteiger partial charge is 0.268 e. The summed E-state index contributed by atoms with van der Waals surface area (Å²) in [5.41, 5.74) is 9.91. The number of rotatable bonds is 2. The molecule has 5 nitrogen and oxygen atoms in total. The summed E-state index contributed by atoms with van der Waals surface area (Å²) in [5, 5.41) is 2.88. The van der Waals surface area contributed by atoms with Gasteiger partial charge in [0.15, 0.2) is 0 Å². The number of nitrogen functional groups attached to an aromatic ring is 1. The third kappa shape index (κ3) is 2.57. The monoisotopic (exact) mass is 298 g/mol. The number of carbonyl (C=O) groups excluding carboxylic acids is 1. The highest BCUT2D eigenvalue weighted by molar-refractivity contribution is 7.21. The lowest BCUT2D eigenvalue weighted by Gasteiger charge is -2.06. The highest BCUT2D eigenvalue weighted by atomic mass is 32.1. The second-order valence-electron chi connectivity index (χ2n) is 4.89. The van der Waals surface area contributed by atoms with Gasteiger partial charge in [-0.05, 0) is 37.1 Å². The van der Waals surface area contributed by atoms with Crippen LogP contribution in [0.1, 0.15) is 20.8 Å². The fourth-order valence-electron chi connectivity index (χ4n) is 2.25. The fourth-order valence-corrected chi connectivity index (χ4v) is 3.16. The molecular weight excluding hydrogens is 284 g/mol. The molecule has 3 aromatic rings. The van der Waals surface area contributed by atoms with E-state index in [2.05, 4.69) is 21.4 Å². The first-order valence-corrected chi connectivity index (χ1v) is 7.25. The molecule has 6 heteroatoms. The normalized spacial score (nSPS) is 10.8. The van der Waals surface area contributed by atoms with E-state index in [1.807, 2.05) is 26.0 Å². The zero-order valence-corrected chi connectivity index (χ0v) is 12.5. The van der Waals surface area contributed by atoms with Gasteiger partial charge in [0.25, 0.3) is 5.91 Å². The molecule has 0 saturated carbocycles. The van der Waals surface area contributed by atoms with E-state index >= 15 is 0 Å². The molecule has 0 atom stereocenters. The van der Waals surface area contributed by atoms with E-state index in [4.69, 9.17) is 5.73 Å². The fraction of sp³-hybridized carbons (Fsp3) is 0.133. The summed E-state index contributed by atoms with van der Waals surface area (Å²) in [6.45, 7) is 3.98. The van der Waals surface area contributed by atoms with Gasteiger partial charge < -0.3 is 11.1 Å². The molecule has 1 aromatic carbocycles. The predicted molar refractivity (Wildman–Crippen MR) is 85.7 cm³/mol. The Morgan fingerprint density at radius 1 is 1.14 bits per heavy atom. The van der Waals surface area contributed by atoms with Crippen LogP contribution in [0.4, 0.5) is 11.4 Å². The lowest BCUT2D eigenvalue weighted by atomic mass is 10.1. The minimum Gasteiger partial charge on any atom is -0.396 e. The summed E-state index contributed by atoms with van der Waals surface area (Å²) < 4.78 is 0. The summed E-state index contributed by atoms with van der Waals surface area (Å²) >= 11 is 1.25. The van der Waals surface area contributed by atoms with E-state index in [-0.39, 0.29) is 5.91 Å². The Morgan fingerprint density at radius 2 is 1.81 bits per heavy atom. The first kappa shape index (κ1) is 13.5. The maximum Gasteiger partial charge on any atom is 0.268 e. The number of thiophene rings is 1. The van der Waals surface area contributed by atoms with Crippen LogP contribution in [-0.2, 0) is 0 Å². The maximum absolute atomic E-state index is 12.4. The lowest BCUT2D eigenvalue weighted by molar-refractivity contribution is 0.103. The van der Waals surface area contributed by atoms with E-state index < -0.39 is 0 Å². The van der Waals surface area contributed by atoms with Gasteiger partial charge in [-0.1, -0.05) is 6.07 Å². The molecule has 0 saturated heterocycles. The number of aryl methyl sites for hydroxylation is 2. The molecule has 21 heavy (non-hydrogen) atoms. The number of amides is 1. The number of fused-ring (bicyclic) bond motifs is 1. The molecule has 3 N–H and O–H groups in total. The lowest BCUT2D eigenvalue weighted by Crippen LogP contribution is -2.12. The average Bonchev–Trinajstić information content (AvgIpc) is 2.76. The van der Waals surface area contributed by atoms with Crippen LogP contribution >= 0.6 is 11.3 Å². The van der Waals surface area contributed by atoms with Crippen molar-refractivity contribution in [3.8, 4) is 0 Å². The Bertz CT molecular complexity index is 821. The van der Waals surface area contributed by atoms with Crippen molar-refractivity contribution >= 4 is 39.0 Å². The third-order valence-electron chi connectivity index (χ3n) is 3.05. The van der Waals surface area contributed by atoms with Crippen molar-refractivity contribution in [2.75, 3.05) is 11.1 Å². The van der Waals surface area contributed by atoms with E-state index in [0.29, 0.717) is 20.9 Å². The summed E-state index contributed by atoms with van der Waals surface area (Å²) in [6.07, 6.45) is 3.15. The van der Waals surface area contributed by atoms with Crippen molar-refractivity contribution in [3.63, 3.8) is 0 Å². The highest BCUT2D eigenvalue weighted by Crippen LogP contribution is 2.31. The second-order valence-corrected chi connectivity index (χ2v) is 5.88. The molecule has 2 heterocycles. The molecule has 0 bridgehead atoms. The van der Waals surface area contributed by atoms with Gasteiger partial charge >= 0.3 is 0 Å². The van der Waals surface area contributed by atoms with Gasteiger partial charge in [0.1, 0.15) is 15.2 Å². The molecule has 1 amide bonds. The van der Waals surface area contributed by atoms with Crippen LogP contribution in [-0.4, -0.2) is 15.9 Å². The van der Waals surface area contributed by atoms with Gasteiger partial charge in [-0.3, -0.25) is 4.79 Å². The van der Waals surface area contributed by atoms with Crippen LogP contribution < -0.4 is 11.1 Å². The van der Waals surface area contributed by atoms with Crippen LogP contribution in [0.25, 0.3) is 10.3 Å². The molecule has 0 aliphatic heterocycles. The predicted octanol–water partition coefficient (Wildman–Crippen LogP) is 3.14. The van der Waals surface area contributed by atoms with Crippen molar-refractivity contribution in [2.24, 2.45) is 0 Å². The Balaban J connectivity index is 1.95. The number of aromatic nitrogens is 2. The van der Waals surface area contributed by atoms with E-state index in [1.165, 1.54) is 11.3 Å². The molecular formula is C15H14N4OS. The van der Waals surface area contributed by atoms with Gasteiger partial charge in [0.05, 0.1) is 5.69 Å². The minimum absolute atomic E-state index is 0.234. The average molecular weight is 298 g/mol. The van der Waals surface area contributed by atoms with Crippen molar-refractivity contribution in [3.05, 3.63) is 46.6 Å². The van der Waals surface area contributed by atoms with Gasteiger partial charge in [0.2, 0.25) is 0 Å². The number of hydrogen-bond donors (Lipinski definition) is 2. The minimum atomic E-state index is -0.234. The van der Waals surface area contributed by atoms with Crippen molar-refractivity contribution in [1.29, 1.82) is 0 Å². The first-order chi connectivity index (χ1) is 10.0. The second kappa shape index (κ2) is 5.14. The topological polar surface area (TPSA) is 80.9 Å². The number of anilines is 2. The Kier molecular flexibility index (Phi) is 3.31. The molecule has 0 aliphatic rings. The summed E-state index contributed by atoms with van der Waals surface area (Å²) in [5.74, 6) is -0.234. The Hall–Kier alpha value is -2.47. The standard InChI is InChI=1S/C15H14N4OS/c1-8-5-9(2)7-10(6-8)19-14(20)13-11(16)12-15(21-13)18-4-3-17-12/h3-7H,16H2,1-2H3,(H,19,20). The summed E-state index contributed by atoms with van der Waals surface area (Å²) in [7, 11) is 0. The molecule has 2 aromatic heterocycles. The number of nitrogens with one attached hydrogen (secondary N) is 1. The van der Waals surface area contributed by atoms with E-state index in [1.54, 1.807) is 12.4 Å². The first-order valence-electron chi connectivity index (χ1n) is 6.43. The van der Waals surface area contributed by atoms with Crippen LogP contribution in [0, 0.1) is 13.8 Å². The Morgan fingerprint density at radius 3 is 2.48 bits per heavy atom. The van der Waals surface area contributed by atoms with Gasteiger partial charge in [-0.15, -0.1) is 11.3 Å². The molecule has 0 unspecified atom stereocenters. The van der Waals surface area contributed by atoms with Crippen LogP contribution in [0.3, 0.4) is 0 Å². The largest absolute Gasteiger partial charge is 0.396 e. The maximum atomic E-state index is 12.4. The molecule has 0 fully saturated rings. The van der Waals surface area contributed by atoms with E-state index in [0.717, 1.165) is 16.8 Å². The number of benzene rings is 1. The van der Waals surface area contributed by atoms with Crippen LogP contribution in [0.5, 0.6) is 0 Å². The molecule has 0 radical (unpaired) electrons. The quantitative estimate of drug-likeness (QED) is 0.761. The van der Waals surface area contributed by atoms with Crippen LogP contribution in [0.2, 0.25) is 0 Å². The van der Waals surface area contributed by atoms with Gasteiger partial charge in [-0.25, -0.2) is 9.97 Å². The zero-order valence-electron chi connectivity index (χ0n) is 11.7. The molecule has 0 spiro atoms. The highest BCUT2D eigenvalue weighted by Gasteiger charge is 2.18. The third-order valence-corrected chi connectivity index (χ3v) is 4.15. The van der Waals surface area contributed by atoms with Crippen molar-refractivity contribution in [1.82, 2.24) is 9.97 Å². The van der Waals surface area contributed by atoms with Gasteiger partial charge in [0, 0.05) is 18.1 Å². The Labute approximate surface area is 125 Å². The SMILES string of the molecule is Cc1cc(C)cc(NC(=O)c2sc3nccnc3c2N)c1. The van der Waals surface area contributed by atoms with Crippen molar-refractivity contribution < 1.29 is 4.79 Å². The van der Waals surface area contributed by atoms with Gasteiger partial charge in [-0.2, -0.15) is 0 Å². The summed E-state index contributed by atoms with van der Waals surface area (Å²) in [4.78, 5) is 21.8. The van der Waals surface area contributed by atoms with E-state index in [9.17, 15) is 4.79 Å². The number of hydrogen-bond acceptors (Lipinski definition) is 5. The molecule has 106 valence electrons. The zero-order chi connectivity index (χ0) is 15.0. The van der Waals surface area contributed by atoms with Crippen molar-refractivity contribution in [2.45, 2.75) is 13.8 Å². The van der Waals surface area contributed by atoms with Crippen LogP contribution in [0.15, 0.2) is 30.6 Å². The molecule has 3 rings (SSSR count). The number of nitrogens with zero attached hydrogens (tertiary/aromatic N) is 2. The summed E-state index contributed by atoms with van der Waals surface area (Å²) in [6, 6.07) is 5.90. The number of nitrogens with two attached hydrogens (primary N) is 1. The number of carbonyl (C=O) groups is 1.